The molecule has 76 valence electrons. The minimum Gasteiger partial charge on any atom is -0.381 e. The van der Waals surface area contributed by atoms with E-state index in [0.29, 0.717) is 6.10 Å². The average Bonchev–Trinajstić information content (AvgIpc) is 2.18. The van der Waals surface area contributed by atoms with Crippen molar-refractivity contribution in [1.82, 2.24) is 0 Å². The van der Waals surface area contributed by atoms with Crippen LogP contribution in [0.3, 0.4) is 0 Å². The maximum atomic E-state index is 5.61. The van der Waals surface area contributed by atoms with Crippen LogP contribution in [0.1, 0.15) is 45.4 Å². The highest BCUT2D eigenvalue weighted by molar-refractivity contribution is 4.88. The van der Waals surface area contributed by atoms with Gasteiger partial charge in [-0.1, -0.05) is 26.2 Å². The fraction of sp³-hybridized carbons (Fsp3) is 1.00. The largest absolute Gasteiger partial charge is 0.381 e. The van der Waals surface area contributed by atoms with Gasteiger partial charge in [-0.2, -0.15) is 0 Å². The molecule has 1 nitrogen and oxygen atoms in total. The molecule has 0 saturated heterocycles. The summed E-state index contributed by atoms with van der Waals surface area (Å²) < 4.78 is 5.61. The van der Waals surface area contributed by atoms with E-state index in [4.69, 9.17) is 4.74 Å². The number of methoxy groups -OCH3 is 1. The Balaban J connectivity index is 2.05. The quantitative estimate of drug-likeness (QED) is 0.605. The highest BCUT2D eigenvalue weighted by Crippen LogP contribution is 2.44. The van der Waals surface area contributed by atoms with Crippen molar-refractivity contribution in [3.8, 4) is 0 Å². The number of rotatable bonds is 1. The monoisotopic (exact) mass is 182 g/mol. The molecule has 0 radical (unpaired) electrons. The van der Waals surface area contributed by atoms with Gasteiger partial charge in [0.1, 0.15) is 0 Å². The lowest BCUT2D eigenvalue weighted by molar-refractivity contribution is -0.0376. The molecule has 2 fully saturated rings. The van der Waals surface area contributed by atoms with E-state index in [1.54, 1.807) is 0 Å². The zero-order chi connectivity index (χ0) is 9.26. The summed E-state index contributed by atoms with van der Waals surface area (Å²) in [5.74, 6) is 2.83. The Kier molecular flexibility index (Phi) is 2.92. The molecule has 0 amide bonds. The summed E-state index contributed by atoms with van der Waals surface area (Å²) in [7, 11) is 1.90. The van der Waals surface area contributed by atoms with E-state index in [1.165, 1.54) is 38.5 Å². The molecule has 0 aliphatic heterocycles. The van der Waals surface area contributed by atoms with Crippen LogP contribution in [0.2, 0.25) is 0 Å². The first-order chi connectivity index (χ1) is 6.33. The van der Waals surface area contributed by atoms with Crippen LogP contribution < -0.4 is 0 Å². The van der Waals surface area contributed by atoms with Crippen molar-refractivity contribution in [3.63, 3.8) is 0 Å². The van der Waals surface area contributed by atoms with Crippen molar-refractivity contribution in [2.75, 3.05) is 7.11 Å². The lowest BCUT2D eigenvalue weighted by Gasteiger charge is -2.44. The maximum absolute atomic E-state index is 5.61. The molecular weight excluding hydrogens is 160 g/mol. The molecule has 0 heterocycles. The Morgan fingerprint density at radius 2 is 1.62 bits per heavy atom. The van der Waals surface area contributed by atoms with Crippen LogP contribution in [0.4, 0.5) is 0 Å². The van der Waals surface area contributed by atoms with E-state index in [9.17, 15) is 0 Å². The number of hydrogen-bond donors (Lipinski definition) is 0. The molecule has 1 heteroatoms. The minimum atomic E-state index is 0.585. The number of hydrogen-bond acceptors (Lipinski definition) is 1. The SMILES string of the molecule is CO[C@H]1CCCC2C1CCC[C@@H]2C. The van der Waals surface area contributed by atoms with Crippen LogP contribution in [-0.4, -0.2) is 13.2 Å². The molecular formula is C12H22O. The normalized spacial score (nSPS) is 45.7. The summed E-state index contributed by atoms with van der Waals surface area (Å²) in [6, 6.07) is 0. The van der Waals surface area contributed by atoms with Gasteiger partial charge in [-0.25, -0.2) is 0 Å². The van der Waals surface area contributed by atoms with Crippen LogP contribution in [0, 0.1) is 17.8 Å². The summed E-state index contributed by atoms with van der Waals surface area (Å²) in [6.07, 6.45) is 9.06. The lowest BCUT2D eigenvalue weighted by Crippen LogP contribution is -2.39. The second-order valence-electron chi connectivity index (χ2n) is 4.94. The van der Waals surface area contributed by atoms with Crippen molar-refractivity contribution in [1.29, 1.82) is 0 Å². The molecule has 0 aromatic rings. The van der Waals surface area contributed by atoms with E-state index in [2.05, 4.69) is 6.92 Å². The summed E-state index contributed by atoms with van der Waals surface area (Å²) >= 11 is 0. The molecule has 0 N–H and O–H groups in total. The van der Waals surface area contributed by atoms with Crippen LogP contribution in [0.15, 0.2) is 0 Å². The predicted molar refractivity (Wildman–Crippen MR) is 54.6 cm³/mol. The van der Waals surface area contributed by atoms with Gasteiger partial charge < -0.3 is 4.74 Å². The van der Waals surface area contributed by atoms with Crippen molar-refractivity contribution >= 4 is 0 Å². The highest BCUT2D eigenvalue weighted by atomic mass is 16.5. The van der Waals surface area contributed by atoms with Crippen molar-refractivity contribution in [2.24, 2.45) is 17.8 Å². The maximum Gasteiger partial charge on any atom is 0.0602 e. The van der Waals surface area contributed by atoms with Gasteiger partial charge in [0.2, 0.25) is 0 Å². The van der Waals surface area contributed by atoms with E-state index in [1.807, 2.05) is 7.11 Å². The molecule has 13 heavy (non-hydrogen) atoms. The Bertz CT molecular complexity index is 167. The van der Waals surface area contributed by atoms with Gasteiger partial charge in [0.25, 0.3) is 0 Å². The third-order valence-electron chi connectivity index (χ3n) is 4.28. The van der Waals surface area contributed by atoms with Gasteiger partial charge >= 0.3 is 0 Å². The summed E-state index contributed by atoms with van der Waals surface area (Å²) in [5, 5.41) is 0. The van der Waals surface area contributed by atoms with Crippen LogP contribution in [0.5, 0.6) is 0 Å². The smallest absolute Gasteiger partial charge is 0.0602 e. The minimum absolute atomic E-state index is 0.585. The highest BCUT2D eigenvalue weighted by Gasteiger charge is 2.38. The molecule has 0 aromatic carbocycles. The third-order valence-corrected chi connectivity index (χ3v) is 4.28. The summed E-state index contributed by atoms with van der Waals surface area (Å²) in [5.41, 5.74) is 0. The Morgan fingerprint density at radius 1 is 0.923 bits per heavy atom. The van der Waals surface area contributed by atoms with Gasteiger partial charge in [0.15, 0.2) is 0 Å². The van der Waals surface area contributed by atoms with E-state index >= 15 is 0 Å². The molecule has 2 aliphatic rings. The average molecular weight is 182 g/mol. The fourth-order valence-electron chi connectivity index (χ4n) is 3.55. The van der Waals surface area contributed by atoms with Gasteiger partial charge in [-0.3, -0.25) is 0 Å². The Morgan fingerprint density at radius 3 is 2.38 bits per heavy atom. The summed E-state index contributed by atoms with van der Waals surface area (Å²) in [4.78, 5) is 0. The lowest BCUT2D eigenvalue weighted by atomic mass is 9.65. The molecule has 0 spiro atoms. The number of fused-ring (bicyclic) bond motifs is 1. The zero-order valence-corrected chi connectivity index (χ0v) is 8.96. The van der Waals surface area contributed by atoms with Gasteiger partial charge in [0.05, 0.1) is 6.10 Å². The first-order valence-corrected chi connectivity index (χ1v) is 5.85. The molecule has 2 saturated carbocycles. The van der Waals surface area contributed by atoms with E-state index in [-0.39, 0.29) is 0 Å². The van der Waals surface area contributed by atoms with E-state index in [0.717, 1.165) is 17.8 Å². The molecule has 4 atom stereocenters. The first-order valence-electron chi connectivity index (χ1n) is 5.85. The Hall–Kier alpha value is -0.0400. The standard InChI is InChI=1S/C12H22O/c1-9-5-3-7-11-10(9)6-4-8-12(11)13-2/h9-12H,3-8H2,1-2H3/t9-,10?,11?,12-/m0/s1. The third kappa shape index (κ3) is 1.76. The molecule has 0 bridgehead atoms. The second-order valence-corrected chi connectivity index (χ2v) is 4.94. The van der Waals surface area contributed by atoms with Crippen molar-refractivity contribution < 1.29 is 4.74 Å². The molecule has 2 aliphatic carbocycles. The zero-order valence-electron chi connectivity index (χ0n) is 8.96. The second kappa shape index (κ2) is 4.00. The van der Waals surface area contributed by atoms with Crippen molar-refractivity contribution in [3.05, 3.63) is 0 Å². The van der Waals surface area contributed by atoms with Crippen molar-refractivity contribution in [2.45, 2.75) is 51.6 Å². The van der Waals surface area contributed by atoms with E-state index < -0.39 is 0 Å². The molecule has 0 aromatic heterocycles. The van der Waals surface area contributed by atoms with Gasteiger partial charge in [0, 0.05) is 7.11 Å². The van der Waals surface area contributed by atoms with Crippen LogP contribution in [-0.2, 0) is 4.74 Å². The molecule has 2 unspecified atom stereocenters. The molecule has 2 rings (SSSR count). The van der Waals surface area contributed by atoms with Crippen LogP contribution in [0.25, 0.3) is 0 Å². The summed E-state index contributed by atoms with van der Waals surface area (Å²) in [6.45, 7) is 2.44. The number of ether oxygens (including phenoxy) is 1. The fourth-order valence-corrected chi connectivity index (χ4v) is 3.55. The van der Waals surface area contributed by atoms with Gasteiger partial charge in [-0.15, -0.1) is 0 Å². The Labute approximate surface area is 81.9 Å². The first kappa shape index (κ1) is 9.51. The van der Waals surface area contributed by atoms with Gasteiger partial charge in [-0.05, 0) is 37.0 Å². The van der Waals surface area contributed by atoms with Crippen LogP contribution >= 0.6 is 0 Å². The topological polar surface area (TPSA) is 9.23 Å². The predicted octanol–water partition coefficient (Wildman–Crippen LogP) is 3.24.